The zero-order valence-corrected chi connectivity index (χ0v) is 15.2. The Hall–Kier alpha value is -3.19. The lowest BCUT2D eigenvalue weighted by Gasteiger charge is -2.19. The first-order valence-corrected chi connectivity index (χ1v) is 9.30. The molecule has 7 nitrogen and oxygen atoms in total. The second-order valence-corrected chi connectivity index (χ2v) is 7.10. The number of hydrogen-bond acceptors (Lipinski definition) is 7. The summed E-state index contributed by atoms with van der Waals surface area (Å²) in [6, 6.07) is 9.87. The van der Waals surface area contributed by atoms with Crippen molar-refractivity contribution in [2.45, 2.75) is 12.5 Å². The van der Waals surface area contributed by atoms with Gasteiger partial charge in [0.25, 0.3) is 0 Å². The van der Waals surface area contributed by atoms with Crippen LogP contribution in [0.5, 0.6) is 11.5 Å². The average Bonchev–Trinajstić information content (AvgIpc) is 3.35. The first kappa shape index (κ1) is 16.9. The zero-order valence-electron chi connectivity index (χ0n) is 15.2. The highest BCUT2D eigenvalue weighted by atomic mass is 16.7. The first-order chi connectivity index (χ1) is 13.8. The lowest BCUT2D eigenvalue weighted by atomic mass is 10.0. The van der Waals surface area contributed by atoms with Crippen LogP contribution in [0.2, 0.25) is 0 Å². The third kappa shape index (κ3) is 3.25. The van der Waals surface area contributed by atoms with Crippen LogP contribution < -0.4 is 14.4 Å². The maximum atomic E-state index is 10.5. The second kappa shape index (κ2) is 7.09. The minimum Gasteiger partial charge on any atom is -0.454 e. The van der Waals surface area contributed by atoms with Gasteiger partial charge in [0.05, 0.1) is 17.5 Å². The number of pyridine rings is 1. The van der Waals surface area contributed by atoms with Gasteiger partial charge in [0.15, 0.2) is 11.5 Å². The molecule has 1 fully saturated rings. The van der Waals surface area contributed by atoms with E-state index >= 15 is 0 Å². The number of aliphatic hydroxyl groups excluding tert-OH is 1. The lowest BCUT2D eigenvalue weighted by molar-refractivity contribution is 0.147. The number of fused-ring (bicyclic) bond motifs is 1. The average molecular weight is 376 g/mol. The topological polar surface area (TPSA) is 80.6 Å². The van der Waals surface area contributed by atoms with Crippen molar-refractivity contribution in [3.8, 4) is 22.8 Å². The number of anilines is 1. The van der Waals surface area contributed by atoms with E-state index in [1.807, 2.05) is 24.3 Å². The predicted octanol–water partition coefficient (Wildman–Crippen LogP) is 2.31. The summed E-state index contributed by atoms with van der Waals surface area (Å²) in [6.45, 7) is 1.61. The van der Waals surface area contributed by atoms with Gasteiger partial charge in [0.1, 0.15) is 0 Å². The van der Waals surface area contributed by atoms with E-state index in [1.54, 1.807) is 24.8 Å². The van der Waals surface area contributed by atoms with Gasteiger partial charge in [0, 0.05) is 55.0 Å². The van der Waals surface area contributed by atoms with Gasteiger partial charge in [-0.2, -0.15) is 0 Å². The third-order valence-corrected chi connectivity index (χ3v) is 5.27. The van der Waals surface area contributed by atoms with Gasteiger partial charge >= 0.3 is 0 Å². The molecule has 7 heteroatoms. The molecule has 1 saturated heterocycles. The molecule has 0 spiro atoms. The van der Waals surface area contributed by atoms with E-state index in [0.29, 0.717) is 13.0 Å². The van der Waals surface area contributed by atoms with Crippen LogP contribution in [0.25, 0.3) is 11.3 Å². The fourth-order valence-corrected chi connectivity index (χ4v) is 3.80. The zero-order chi connectivity index (χ0) is 18.9. The number of nitrogens with zero attached hydrogens (tertiary/aromatic N) is 4. The van der Waals surface area contributed by atoms with Crippen LogP contribution in [0.3, 0.4) is 0 Å². The fraction of sp³-hybridized carbons (Fsp3) is 0.286. The van der Waals surface area contributed by atoms with Crippen LogP contribution in [0.1, 0.15) is 5.69 Å². The highest BCUT2D eigenvalue weighted by Crippen LogP contribution is 2.36. The van der Waals surface area contributed by atoms with Gasteiger partial charge in [-0.25, -0.2) is 0 Å². The Balaban J connectivity index is 1.35. The van der Waals surface area contributed by atoms with E-state index in [2.05, 4.69) is 25.9 Å². The fourth-order valence-electron chi connectivity index (χ4n) is 3.80. The highest BCUT2D eigenvalue weighted by Gasteiger charge is 2.32. The van der Waals surface area contributed by atoms with Crippen LogP contribution in [0, 0.1) is 5.92 Å². The molecule has 28 heavy (non-hydrogen) atoms. The van der Waals surface area contributed by atoms with Crippen molar-refractivity contribution in [1.82, 2.24) is 15.0 Å². The van der Waals surface area contributed by atoms with Crippen molar-refractivity contribution in [2.75, 3.05) is 24.8 Å². The van der Waals surface area contributed by atoms with Gasteiger partial charge in [-0.15, -0.1) is 0 Å². The van der Waals surface area contributed by atoms with Crippen LogP contribution in [0.15, 0.2) is 55.1 Å². The molecule has 142 valence electrons. The van der Waals surface area contributed by atoms with Gasteiger partial charge in [0.2, 0.25) is 6.79 Å². The van der Waals surface area contributed by atoms with Gasteiger partial charge in [-0.1, -0.05) is 0 Å². The van der Waals surface area contributed by atoms with Crippen LogP contribution in [0.4, 0.5) is 5.69 Å². The van der Waals surface area contributed by atoms with E-state index in [1.165, 1.54) is 0 Å². The first-order valence-electron chi connectivity index (χ1n) is 9.30. The number of hydrogen-bond donors (Lipinski definition) is 1. The van der Waals surface area contributed by atoms with E-state index in [-0.39, 0.29) is 12.7 Å². The van der Waals surface area contributed by atoms with Gasteiger partial charge in [-0.05, 0) is 36.8 Å². The molecule has 0 aliphatic carbocycles. The number of ether oxygens (including phenoxy) is 2. The number of benzene rings is 1. The van der Waals surface area contributed by atoms with E-state index in [9.17, 15) is 5.11 Å². The highest BCUT2D eigenvalue weighted by molar-refractivity contribution is 5.68. The van der Waals surface area contributed by atoms with Crippen LogP contribution >= 0.6 is 0 Å². The van der Waals surface area contributed by atoms with E-state index in [0.717, 1.165) is 40.7 Å². The molecule has 3 aromatic rings. The molecule has 2 aliphatic heterocycles. The Labute approximate surface area is 162 Å². The van der Waals surface area contributed by atoms with Crippen molar-refractivity contribution in [1.29, 1.82) is 0 Å². The molecule has 0 bridgehead atoms. The van der Waals surface area contributed by atoms with Gasteiger partial charge in [-0.3, -0.25) is 15.0 Å². The van der Waals surface area contributed by atoms with E-state index < -0.39 is 6.10 Å². The molecule has 2 aromatic heterocycles. The number of β-amino-alcohol motifs (C(OH)–C–C–N with tert-alkyl or cyclic N) is 1. The van der Waals surface area contributed by atoms with Crippen molar-refractivity contribution < 1.29 is 14.6 Å². The minimum atomic E-state index is -0.399. The third-order valence-electron chi connectivity index (χ3n) is 5.27. The van der Waals surface area contributed by atoms with Gasteiger partial charge < -0.3 is 19.5 Å². The van der Waals surface area contributed by atoms with Crippen molar-refractivity contribution in [3.05, 3.63) is 60.8 Å². The quantitative estimate of drug-likeness (QED) is 0.748. The summed E-state index contributed by atoms with van der Waals surface area (Å²) in [4.78, 5) is 15.2. The molecule has 0 saturated carbocycles. The smallest absolute Gasteiger partial charge is 0.231 e. The summed E-state index contributed by atoms with van der Waals surface area (Å²) in [5, 5.41) is 10.5. The van der Waals surface area contributed by atoms with Crippen molar-refractivity contribution in [2.24, 2.45) is 5.92 Å². The van der Waals surface area contributed by atoms with Crippen LogP contribution in [-0.2, 0) is 6.42 Å². The van der Waals surface area contributed by atoms with E-state index in [4.69, 9.17) is 9.47 Å². The molecule has 0 unspecified atom stereocenters. The number of rotatable bonds is 4. The summed E-state index contributed by atoms with van der Waals surface area (Å²) in [5.41, 5.74) is 3.79. The molecule has 2 atom stereocenters. The monoisotopic (exact) mass is 376 g/mol. The Morgan fingerprint density at radius 3 is 2.82 bits per heavy atom. The Morgan fingerprint density at radius 2 is 1.93 bits per heavy atom. The summed E-state index contributed by atoms with van der Waals surface area (Å²) >= 11 is 0. The summed E-state index contributed by atoms with van der Waals surface area (Å²) < 4.78 is 10.8. The second-order valence-electron chi connectivity index (χ2n) is 7.10. The molecular formula is C21H20N4O3. The van der Waals surface area contributed by atoms with Crippen LogP contribution in [-0.4, -0.2) is 46.0 Å². The Kier molecular flexibility index (Phi) is 4.29. The molecule has 2 aliphatic rings. The number of aliphatic hydroxyl groups is 1. The molecule has 1 aromatic carbocycles. The maximum absolute atomic E-state index is 10.5. The Bertz CT molecular complexity index is 982. The normalized spacial score (nSPS) is 20.5. The number of aromatic nitrogens is 3. The lowest BCUT2D eigenvalue weighted by Crippen LogP contribution is -2.21. The van der Waals surface area contributed by atoms with Crippen molar-refractivity contribution >= 4 is 5.69 Å². The molecule has 0 radical (unpaired) electrons. The van der Waals surface area contributed by atoms with Crippen molar-refractivity contribution in [3.63, 3.8) is 0 Å². The minimum absolute atomic E-state index is 0.124. The maximum Gasteiger partial charge on any atom is 0.231 e. The molecule has 5 rings (SSSR count). The summed E-state index contributed by atoms with van der Waals surface area (Å²) in [6.07, 6.45) is 7.23. The SMILES string of the molecule is O[C@@H]1CN(c2ccnc(-c3ccc4c(c3)OCO4)c2)C[C@H]1Cc1cnccn1. The summed E-state index contributed by atoms with van der Waals surface area (Å²) in [7, 11) is 0. The Morgan fingerprint density at radius 1 is 1.00 bits per heavy atom. The molecule has 1 N–H and O–H groups in total. The predicted molar refractivity (Wildman–Crippen MR) is 103 cm³/mol. The largest absolute Gasteiger partial charge is 0.454 e. The molecule has 0 amide bonds. The molecular weight excluding hydrogens is 356 g/mol. The molecule has 4 heterocycles. The standard InChI is InChI=1S/C21H20N4O3/c26-19-12-25(11-15(19)7-16-10-22-5-6-23-16)17-3-4-24-18(9-17)14-1-2-20-21(8-14)28-13-27-20/h1-6,8-10,15,19,26H,7,11-13H2/t15-,19-/m1/s1. The summed E-state index contributed by atoms with van der Waals surface area (Å²) in [5.74, 6) is 1.62.